The summed E-state index contributed by atoms with van der Waals surface area (Å²) in [6.45, 7) is 3.38. The molecule has 0 spiro atoms. The molecule has 1 unspecified atom stereocenters. The van der Waals surface area contributed by atoms with Gasteiger partial charge in [-0.15, -0.1) is 10.2 Å². The van der Waals surface area contributed by atoms with Gasteiger partial charge in [-0.2, -0.15) is 0 Å². The molecule has 2 N–H and O–H groups in total. The van der Waals surface area contributed by atoms with Crippen LogP contribution in [0.25, 0.3) is 0 Å². The van der Waals surface area contributed by atoms with Gasteiger partial charge in [0, 0.05) is 25.0 Å². The molecule has 2 fully saturated rings. The molecule has 8 nitrogen and oxygen atoms in total. The minimum Gasteiger partial charge on any atom is -0.354 e. The molecule has 140 valence electrons. The first-order valence-electron chi connectivity index (χ1n) is 9.20. The number of hydrogen-bond donors (Lipinski definition) is 2. The van der Waals surface area contributed by atoms with Crippen LogP contribution in [0.2, 0.25) is 0 Å². The molecule has 1 saturated heterocycles. The van der Waals surface area contributed by atoms with Crippen LogP contribution in [0.4, 0.5) is 0 Å². The Bertz CT molecular complexity index is 693. The second-order valence-electron chi connectivity index (χ2n) is 6.89. The molecule has 1 aliphatic carbocycles. The van der Waals surface area contributed by atoms with Crippen LogP contribution >= 0.6 is 0 Å². The monoisotopic (exact) mass is 368 g/mol. The number of nitrogens with zero attached hydrogens (tertiary/aromatic N) is 4. The first-order valence-corrected chi connectivity index (χ1v) is 11.0. The highest BCUT2D eigenvalue weighted by Crippen LogP contribution is 2.18. The zero-order chi connectivity index (χ0) is 17.7. The van der Waals surface area contributed by atoms with E-state index in [0.29, 0.717) is 19.0 Å². The summed E-state index contributed by atoms with van der Waals surface area (Å²) in [7, 11) is -2.90. The predicted octanol–water partition coefficient (Wildman–Crippen LogP) is 0.505. The van der Waals surface area contributed by atoms with Crippen LogP contribution in [-0.2, 0) is 22.8 Å². The van der Waals surface area contributed by atoms with Crippen molar-refractivity contribution in [1.82, 2.24) is 25.4 Å². The Labute approximate surface area is 149 Å². The molecule has 2 aliphatic rings. The zero-order valence-corrected chi connectivity index (χ0v) is 15.6. The molecule has 0 radical (unpaired) electrons. The summed E-state index contributed by atoms with van der Waals surface area (Å²) in [5.41, 5.74) is 0. The largest absolute Gasteiger partial charge is 0.354 e. The van der Waals surface area contributed by atoms with Gasteiger partial charge in [0.1, 0.15) is 12.2 Å². The normalized spacial score (nSPS) is 23.9. The van der Waals surface area contributed by atoms with Gasteiger partial charge in [0.25, 0.3) is 0 Å². The molecule has 0 amide bonds. The predicted molar refractivity (Wildman–Crippen MR) is 97.3 cm³/mol. The van der Waals surface area contributed by atoms with Crippen molar-refractivity contribution in [2.24, 2.45) is 4.99 Å². The van der Waals surface area contributed by atoms with Crippen LogP contribution in [0, 0.1) is 0 Å². The van der Waals surface area contributed by atoms with Crippen molar-refractivity contribution in [3.8, 4) is 0 Å². The van der Waals surface area contributed by atoms with Gasteiger partial charge < -0.3 is 15.2 Å². The van der Waals surface area contributed by atoms with E-state index in [0.717, 1.165) is 37.6 Å². The minimum absolute atomic E-state index is 0.0428. The summed E-state index contributed by atoms with van der Waals surface area (Å²) in [4.78, 5) is 4.67. The van der Waals surface area contributed by atoms with E-state index in [1.807, 2.05) is 4.57 Å². The third-order valence-corrected chi connectivity index (χ3v) is 6.66. The standard InChI is InChI=1S/C16H28N6O2S/c1-2-15-21-18-12-22(15)9-8-17-16(19-13-5-3-4-6-13)20-14-7-10-25(23,24)11-14/h12-14H,2-11H2,1H3,(H2,17,19,20). The second-order valence-corrected chi connectivity index (χ2v) is 9.12. The number of nitrogens with one attached hydrogen (secondary N) is 2. The number of aromatic nitrogens is 3. The van der Waals surface area contributed by atoms with Crippen molar-refractivity contribution in [2.45, 2.75) is 64.1 Å². The Morgan fingerprint density at radius 2 is 2.04 bits per heavy atom. The number of rotatable bonds is 6. The Morgan fingerprint density at radius 1 is 1.28 bits per heavy atom. The first-order chi connectivity index (χ1) is 12.1. The molecular formula is C16H28N6O2S. The third-order valence-electron chi connectivity index (χ3n) is 4.89. The van der Waals surface area contributed by atoms with E-state index in [1.54, 1.807) is 6.33 Å². The fourth-order valence-electron chi connectivity index (χ4n) is 3.51. The van der Waals surface area contributed by atoms with Gasteiger partial charge in [-0.05, 0) is 19.3 Å². The maximum atomic E-state index is 11.7. The Hall–Kier alpha value is -1.64. The smallest absolute Gasteiger partial charge is 0.191 e. The molecule has 1 aromatic heterocycles. The first kappa shape index (κ1) is 18.2. The Balaban J connectivity index is 1.60. The topological polar surface area (TPSA) is 101 Å². The number of hydrogen-bond acceptors (Lipinski definition) is 5. The highest BCUT2D eigenvalue weighted by atomic mass is 32.2. The Morgan fingerprint density at radius 3 is 2.72 bits per heavy atom. The molecule has 1 saturated carbocycles. The summed E-state index contributed by atoms with van der Waals surface area (Å²) in [5.74, 6) is 2.15. The maximum Gasteiger partial charge on any atom is 0.191 e. The highest BCUT2D eigenvalue weighted by Gasteiger charge is 2.29. The molecular weight excluding hydrogens is 340 g/mol. The number of aryl methyl sites for hydroxylation is 1. The van der Waals surface area contributed by atoms with Gasteiger partial charge in [0.2, 0.25) is 0 Å². The van der Waals surface area contributed by atoms with Crippen molar-refractivity contribution in [2.75, 3.05) is 18.1 Å². The highest BCUT2D eigenvalue weighted by molar-refractivity contribution is 7.91. The lowest BCUT2D eigenvalue weighted by atomic mass is 10.2. The lowest BCUT2D eigenvalue weighted by Gasteiger charge is -2.20. The number of aliphatic imine (C=N–C) groups is 1. The van der Waals surface area contributed by atoms with Gasteiger partial charge in [-0.3, -0.25) is 4.99 Å². The van der Waals surface area contributed by atoms with Crippen molar-refractivity contribution < 1.29 is 8.42 Å². The number of guanidine groups is 1. The summed E-state index contributed by atoms with van der Waals surface area (Å²) in [6, 6.07) is 0.393. The molecule has 25 heavy (non-hydrogen) atoms. The summed E-state index contributed by atoms with van der Waals surface area (Å²) >= 11 is 0. The lowest BCUT2D eigenvalue weighted by molar-refractivity contribution is 0.581. The summed E-state index contributed by atoms with van der Waals surface area (Å²) in [5, 5.41) is 14.8. The van der Waals surface area contributed by atoms with E-state index in [4.69, 9.17) is 0 Å². The van der Waals surface area contributed by atoms with Gasteiger partial charge in [-0.1, -0.05) is 19.8 Å². The molecule has 2 heterocycles. The van der Waals surface area contributed by atoms with Crippen LogP contribution in [0.15, 0.2) is 11.3 Å². The molecule has 0 aromatic carbocycles. The molecule has 1 atom stereocenters. The summed E-state index contributed by atoms with van der Waals surface area (Å²) in [6.07, 6.45) is 8.00. The van der Waals surface area contributed by atoms with Crippen LogP contribution in [0.3, 0.4) is 0 Å². The number of sulfone groups is 1. The average molecular weight is 369 g/mol. The van der Waals surface area contributed by atoms with Crippen LogP contribution < -0.4 is 10.6 Å². The van der Waals surface area contributed by atoms with Gasteiger partial charge in [0.05, 0.1) is 18.1 Å². The molecule has 1 aromatic rings. The van der Waals surface area contributed by atoms with Gasteiger partial charge in [-0.25, -0.2) is 8.42 Å². The third kappa shape index (κ3) is 5.17. The fraction of sp³-hybridized carbons (Fsp3) is 0.812. The van der Waals surface area contributed by atoms with E-state index in [2.05, 4.69) is 32.7 Å². The van der Waals surface area contributed by atoms with Crippen LogP contribution in [-0.4, -0.2) is 59.3 Å². The molecule has 9 heteroatoms. The van der Waals surface area contributed by atoms with Crippen molar-refractivity contribution in [3.63, 3.8) is 0 Å². The fourth-order valence-corrected chi connectivity index (χ4v) is 5.18. The van der Waals surface area contributed by atoms with Gasteiger partial charge >= 0.3 is 0 Å². The van der Waals surface area contributed by atoms with E-state index < -0.39 is 9.84 Å². The van der Waals surface area contributed by atoms with Gasteiger partial charge in [0.15, 0.2) is 15.8 Å². The Kier molecular flexibility index (Phi) is 5.93. The van der Waals surface area contributed by atoms with E-state index in [9.17, 15) is 8.42 Å². The quantitative estimate of drug-likeness (QED) is 0.560. The summed E-state index contributed by atoms with van der Waals surface area (Å²) < 4.78 is 25.4. The zero-order valence-electron chi connectivity index (χ0n) is 14.8. The lowest BCUT2D eigenvalue weighted by Crippen LogP contribution is -2.47. The molecule has 3 rings (SSSR count). The van der Waals surface area contributed by atoms with E-state index >= 15 is 0 Å². The molecule has 0 bridgehead atoms. The van der Waals surface area contributed by atoms with Crippen molar-refractivity contribution >= 4 is 15.8 Å². The average Bonchev–Trinajstić information content (AvgIpc) is 3.29. The van der Waals surface area contributed by atoms with Crippen LogP contribution in [0.5, 0.6) is 0 Å². The maximum absolute atomic E-state index is 11.7. The second kappa shape index (κ2) is 8.16. The van der Waals surface area contributed by atoms with E-state index in [-0.39, 0.29) is 17.5 Å². The SMILES string of the molecule is CCc1nncn1CCN=C(NC1CCCC1)NC1CCS(=O)(=O)C1. The van der Waals surface area contributed by atoms with Crippen molar-refractivity contribution in [3.05, 3.63) is 12.2 Å². The van der Waals surface area contributed by atoms with Crippen molar-refractivity contribution in [1.29, 1.82) is 0 Å². The minimum atomic E-state index is -2.90. The van der Waals surface area contributed by atoms with E-state index in [1.165, 1.54) is 12.8 Å². The van der Waals surface area contributed by atoms with Crippen LogP contribution in [0.1, 0.15) is 44.9 Å². The molecule has 1 aliphatic heterocycles.